The Morgan fingerprint density at radius 1 is 0.806 bits per heavy atom. The van der Waals surface area contributed by atoms with Gasteiger partial charge in [-0.1, -0.05) is 27.7 Å². The van der Waals surface area contributed by atoms with Gasteiger partial charge in [0.15, 0.2) is 0 Å². The standard InChI is InChI=1S/C18H32N4O8.Pt/c1-13(2,9-23)17(27)11(25)29-21-15(19-17)7-5-6-8-16(15)20-18(28,12(26)30-22-16)14(3,4)10-24;/h19-24,27-28H,5-10H2,1-4H3;/t15-,16-,17+,18+;/m1./s1. The molecule has 3 fully saturated rings. The molecule has 2 saturated heterocycles. The van der Waals surface area contributed by atoms with E-state index in [4.69, 9.17) is 9.68 Å². The van der Waals surface area contributed by atoms with Crippen molar-refractivity contribution in [1.82, 2.24) is 21.6 Å². The van der Waals surface area contributed by atoms with Crippen molar-refractivity contribution in [2.75, 3.05) is 13.2 Å². The average molecular weight is 628 g/mol. The van der Waals surface area contributed by atoms with Crippen LogP contribution in [0.25, 0.3) is 0 Å². The molecule has 2 spiro atoms. The summed E-state index contributed by atoms with van der Waals surface area (Å²) in [4.78, 5) is 35.3. The summed E-state index contributed by atoms with van der Waals surface area (Å²) < 4.78 is 0. The van der Waals surface area contributed by atoms with Gasteiger partial charge in [-0.25, -0.2) is 9.59 Å². The Morgan fingerprint density at radius 2 is 1.13 bits per heavy atom. The first-order chi connectivity index (χ1) is 13.7. The fourth-order valence-electron chi connectivity index (χ4n) is 4.13. The van der Waals surface area contributed by atoms with Crippen LogP contribution in [0.1, 0.15) is 53.4 Å². The first-order valence-corrected chi connectivity index (χ1v) is 9.97. The van der Waals surface area contributed by atoms with Crippen LogP contribution in [-0.4, -0.2) is 68.4 Å². The van der Waals surface area contributed by atoms with Crippen LogP contribution in [-0.2, 0) is 40.3 Å². The second-order valence-corrected chi connectivity index (χ2v) is 9.76. The molecule has 0 aromatic carbocycles. The normalized spacial score (nSPS) is 39.1. The zero-order valence-electron chi connectivity index (χ0n) is 18.0. The van der Waals surface area contributed by atoms with Gasteiger partial charge < -0.3 is 30.1 Å². The Morgan fingerprint density at radius 3 is 1.42 bits per heavy atom. The van der Waals surface area contributed by atoms with Gasteiger partial charge in [0.1, 0.15) is 11.3 Å². The smallest absolute Gasteiger partial charge is 0.373 e. The molecular formula is C18H32N4O8Pt. The maximum Gasteiger partial charge on any atom is 0.373 e. The minimum atomic E-state index is -2.30. The van der Waals surface area contributed by atoms with Crippen molar-refractivity contribution in [3.05, 3.63) is 0 Å². The minimum Gasteiger partial charge on any atom is -0.396 e. The third-order valence-electron chi connectivity index (χ3n) is 6.85. The van der Waals surface area contributed by atoms with Crippen molar-refractivity contribution in [2.45, 2.75) is 76.2 Å². The summed E-state index contributed by atoms with van der Waals surface area (Å²) in [7, 11) is 0. The maximum absolute atomic E-state index is 12.5. The number of hydroxylamine groups is 2. The molecule has 0 amide bonds. The predicted octanol–water partition coefficient (Wildman–Crippen LogP) is -2.33. The molecule has 0 radical (unpaired) electrons. The van der Waals surface area contributed by atoms with E-state index in [0.717, 1.165) is 0 Å². The van der Waals surface area contributed by atoms with Crippen molar-refractivity contribution in [2.24, 2.45) is 10.8 Å². The number of hydrogen-bond acceptors (Lipinski definition) is 12. The molecule has 0 unspecified atom stereocenters. The fourth-order valence-corrected chi connectivity index (χ4v) is 4.13. The molecule has 1 aliphatic carbocycles. The zero-order chi connectivity index (χ0) is 22.6. The van der Waals surface area contributed by atoms with E-state index in [1.54, 1.807) is 0 Å². The number of rotatable bonds is 4. The molecule has 0 bridgehead atoms. The monoisotopic (exact) mass is 627 g/mol. The van der Waals surface area contributed by atoms with E-state index in [2.05, 4.69) is 21.6 Å². The molecule has 182 valence electrons. The summed E-state index contributed by atoms with van der Waals surface area (Å²) in [5, 5.41) is 47.8. The minimum absolute atomic E-state index is 0. The van der Waals surface area contributed by atoms with Gasteiger partial charge in [-0.05, 0) is 25.7 Å². The topological polar surface area (TPSA) is 182 Å². The van der Waals surface area contributed by atoms with E-state index in [-0.39, 0.29) is 33.9 Å². The Hall–Kier alpha value is -0.692. The van der Waals surface area contributed by atoms with Crippen LogP contribution in [0.5, 0.6) is 0 Å². The first-order valence-electron chi connectivity index (χ1n) is 9.97. The molecule has 4 atom stereocenters. The summed E-state index contributed by atoms with van der Waals surface area (Å²) in [5.74, 6) is -2.07. The third-order valence-corrected chi connectivity index (χ3v) is 6.85. The van der Waals surface area contributed by atoms with Crippen LogP contribution in [0, 0.1) is 10.8 Å². The predicted molar refractivity (Wildman–Crippen MR) is 100 cm³/mol. The summed E-state index contributed by atoms with van der Waals surface area (Å²) in [6.07, 6.45) is 1.87. The summed E-state index contributed by atoms with van der Waals surface area (Å²) in [6.45, 7) is 4.88. The van der Waals surface area contributed by atoms with Gasteiger partial charge in [-0.2, -0.15) is 0 Å². The Balaban J connectivity index is 0.00000341. The van der Waals surface area contributed by atoms with E-state index in [0.29, 0.717) is 12.8 Å². The largest absolute Gasteiger partial charge is 0.396 e. The van der Waals surface area contributed by atoms with Gasteiger partial charge in [0.2, 0.25) is 11.4 Å². The molecule has 8 N–H and O–H groups in total. The number of hydrogen-bond donors (Lipinski definition) is 8. The summed E-state index contributed by atoms with van der Waals surface area (Å²) in [6, 6.07) is 0. The number of aliphatic hydroxyl groups excluding tert-OH is 2. The van der Waals surface area contributed by atoms with Gasteiger partial charge in [0.05, 0.1) is 13.2 Å². The van der Waals surface area contributed by atoms with Gasteiger partial charge in [0, 0.05) is 31.9 Å². The second kappa shape index (κ2) is 8.26. The number of carbonyl (C=O) groups is 2. The molecule has 0 aromatic heterocycles. The van der Waals surface area contributed by atoms with Crippen LogP contribution in [0.15, 0.2) is 0 Å². The molecule has 0 aromatic rings. The van der Waals surface area contributed by atoms with Crippen LogP contribution in [0.4, 0.5) is 0 Å². The second-order valence-electron chi connectivity index (χ2n) is 9.76. The van der Waals surface area contributed by atoms with Crippen LogP contribution in [0.3, 0.4) is 0 Å². The van der Waals surface area contributed by atoms with Crippen molar-refractivity contribution >= 4 is 11.9 Å². The van der Waals surface area contributed by atoms with E-state index >= 15 is 0 Å². The molecule has 2 aliphatic heterocycles. The van der Waals surface area contributed by atoms with Gasteiger partial charge in [-0.3, -0.25) is 10.6 Å². The first kappa shape index (κ1) is 26.6. The van der Waals surface area contributed by atoms with Crippen molar-refractivity contribution in [3.8, 4) is 0 Å². The molecule has 31 heavy (non-hydrogen) atoms. The number of fused-ring (bicyclic) bond motifs is 1. The number of nitrogens with one attached hydrogen (secondary N) is 4. The van der Waals surface area contributed by atoms with Gasteiger partial charge >= 0.3 is 11.9 Å². The van der Waals surface area contributed by atoms with Crippen LogP contribution < -0.4 is 21.6 Å². The van der Waals surface area contributed by atoms with E-state index in [1.807, 2.05) is 0 Å². The Bertz CT molecular complexity index is 679. The Labute approximate surface area is 194 Å². The summed E-state index contributed by atoms with van der Waals surface area (Å²) in [5.41, 5.74) is -4.92. The fraction of sp³-hybridized carbons (Fsp3) is 0.889. The van der Waals surface area contributed by atoms with Gasteiger partial charge in [0.25, 0.3) is 0 Å². The average Bonchev–Trinajstić information content (AvgIpc) is 2.70. The molecule has 2 heterocycles. The quantitative estimate of drug-likeness (QED) is 0.167. The molecule has 12 nitrogen and oxygen atoms in total. The third kappa shape index (κ3) is 3.66. The maximum atomic E-state index is 12.5. The molecule has 3 rings (SSSR count). The van der Waals surface area contributed by atoms with E-state index < -0.39 is 58.8 Å². The SMILES string of the molecule is CC(C)(CO)[C@]1(O)N[C@]2(CCCC[C@@]23NOC(=O)[C@](O)(C(C)(C)CO)N3)NOC1=O.[Pt]. The molecular weight excluding hydrogens is 595 g/mol. The van der Waals surface area contributed by atoms with Crippen LogP contribution in [0.2, 0.25) is 0 Å². The van der Waals surface area contributed by atoms with E-state index in [1.165, 1.54) is 27.7 Å². The molecule has 1 saturated carbocycles. The molecule has 13 heteroatoms. The zero-order valence-corrected chi connectivity index (χ0v) is 20.3. The van der Waals surface area contributed by atoms with Crippen molar-refractivity contribution < 1.29 is 60.8 Å². The number of aliphatic hydroxyl groups is 4. The number of carbonyl (C=O) groups excluding carboxylic acids is 2. The van der Waals surface area contributed by atoms with Crippen molar-refractivity contribution in [3.63, 3.8) is 0 Å². The van der Waals surface area contributed by atoms with Crippen LogP contribution >= 0.6 is 0 Å². The Kier molecular flexibility index (Phi) is 7.08. The van der Waals surface area contributed by atoms with E-state index in [9.17, 15) is 30.0 Å². The summed E-state index contributed by atoms with van der Waals surface area (Å²) >= 11 is 0. The van der Waals surface area contributed by atoms with Gasteiger partial charge in [-0.15, -0.1) is 11.0 Å². The van der Waals surface area contributed by atoms with Crippen molar-refractivity contribution in [1.29, 1.82) is 0 Å². The molecule has 3 aliphatic rings.